The van der Waals surface area contributed by atoms with Crippen LogP contribution in [0.2, 0.25) is 0 Å². The van der Waals surface area contributed by atoms with E-state index in [1.54, 1.807) is 0 Å². The molecular formula is C13H10N2. The van der Waals surface area contributed by atoms with Crippen LogP contribution in [-0.2, 0) is 0 Å². The summed E-state index contributed by atoms with van der Waals surface area (Å²) in [5, 5.41) is 3.56. The number of aromatic nitrogens is 2. The van der Waals surface area contributed by atoms with Crippen LogP contribution in [0.15, 0.2) is 42.7 Å². The smallest absolute Gasteiger partial charge is 0.0711 e. The van der Waals surface area contributed by atoms with Crippen molar-refractivity contribution in [2.75, 3.05) is 0 Å². The number of aryl methyl sites for hydroxylation is 1. The molecule has 0 N–H and O–H groups in total. The lowest BCUT2D eigenvalue weighted by Gasteiger charge is -2.05. The Morgan fingerprint density at radius 2 is 1.80 bits per heavy atom. The lowest BCUT2D eigenvalue weighted by atomic mass is 10.1. The van der Waals surface area contributed by atoms with E-state index in [1.807, 2.05) is 43.6 Å². The Kier molecular flexibility index (Phi) is 1.68. The molecule has 0 aliphatic rings. The van der Waals surface area contributed by atoms with Gasteiger partial charge in [0.15, 0.2) is 0 Å². The number of hydrogen-bond acceptors (Lipinski definition) is 2. The number of pyridine rings is 2. The largest absolute Gasteiger partial charge is 0.264 e. The highest BCUT2D eigenvalue weighted by Crippen LogP contribution is 2.24. The quantitative estimate of drug-likeness (QED) is 0.514. The van der Waals surface area contributed by atoms with Crippen LogP contribution in [0.3, 0.4) is 0 Å². The van der Waals surface area contributed by atoms with Crippen molar-refractivity contribution < 1.29 is 0 Å². The fourth-order valence-electron chi connectivity index (χ4n) is 1.96. The molecule has 0 unspecified atom stereocenters. The van der Waals surface area contributed by atoms with Crippen molar-refractivity contribution in [3.8, 4) is 0 Å². The third-order valence-electron chi connectivity index (χ3n) is 2.69. The molecule has 0 aliphatic carbocycles. The second kappa shape index (κ2) is 3.02. The van der Waals surface area contributed by atoms with Crippen molar-refractivity contribution in [3.63, 3.8) is 0 Å². The van der Waals surface area contributed by atoms with Crippen LogP contribution >= 0.6 is 0 Å². The molecule has 2 nitrogen and oxygen atoms in total. The fourth-order valence-corrected chi connectivity index (χ4v) is 1.96. The highest BCUT2D eigenvalue weighted by molar-refractivity contribution is 6.06. The minimum atomic E-state index is 1.04. The lowest BCUT2D eigenvalue weighted by Crippen LogP contribution is -1.87. The van der Waals surface area contributed by atoms with Crippen LogP contribution in [0.25, 0.3) is 21.7 Å². The van der Waals surface area contributed by atoms with Gasteiger partial charge in [0.25, 0.3) is 0 Å². The summed E-state index contributed by atoms with van der Waals surface area (Å²) in [5.41, 5.74) is 2.09. The Bertz CT molecular complexity index is 644. The molecule has 0 bridgehead atoms. The number of fused-ring (bicyclic) bond motifs is 3. The molecule has 72 valence electrons. The van der Waals surface area contributed by atoms with Crippen molar-refractivity contribution in [1.82, 2.24) is 9.97 Å². The van der Waals surface area contributed by atoms with Gasteiger partial charge in [-0.1, -0.05) is 18.2 Å². The lowest BCUT2D eigenvalue weighted by molar-refractivity contribution is 1.27. The first-order valence-corrected chi connectivity index (χ1v) is 4.95. The first kappa shape index (κ1) is 8.36. The summed E-state index contributed by atoms with van der Waals surface area (Å²) in [7, 11) is 0. The third-order valence-corrected chi connectivity index (χ3v) is 2.69. The summed E-state index contributed by atoms with van der Waals surface area (Å²) < 4.78 is 0. The molecule has 1 aromatic carbocycles. The van der Waals surface area contributed by atoms with Crippen LogP contribution in [0.4, 0.5) is 0 Å². The summed E-state index contributed by atoms with van der Waals surface area (Å²) >= 11 is 0. The first-order chi connectivity index (χ1) is 7.36. The second-order valence-electron chi connectivity index (χ2n) is 3.64. The van der Waals surface area contributed by atoms with Crippen molar-refractivity contribution in [2.24, 2.45) is 0 Å². The zero-order chi connectivity index (χ0) is 10.3. The van der Waals surface area contributed by atoms with E-state index >= 15 is 0 Å². The predicted octanol–water partition coefficient (Wildman–Crippen LogP) is 3.09. The van der Waals surface area contributed by atoms with E-state index in [0.29, 0.717) is 0 Å². The van der Waals surface area contributed by atoms with Gasteiger partial charge in [0.1, 0.15) is 0 Å². The molecule has 15 heavy (non-hydrogen) atoms. The highest BCUT2D eigenvalue weighted by Gasteiger charge is 2.03. The van der Waals surface area contributed by atoms with Gasteiger partial charge >= 0.3 is 0 Å². The predicted molar refractivity (Wildman–Crippen MR) is 61.8 cm³/mol. The Morgan fingerprint density at radius 1 is 0.933 bits per heavy atom. The van der Waals surface area contributed by atoms with E-state index in [-0.39, 0.29) is 0 Å². The SMILES string of the molecule is Cc1nc2ccccc2c2ccncc12. The molecule has 2 heteroatoms. The Balaban J connectivity index is 2.64. The number of rotatable bonds is 0. The maximum atomic E-state index is 4.56. The Morgan fingerprint density at radius 3 is 2.73 bits per heavy atom. The van der Waals surface area contributed by atoms with E-state index in [4.69, 9.17) is 0 Å². The minimum Gasteiger partial charge on any atom is -0.264 e. The van der Waals surface area contributed by atoms with Crippen molar-refractivity contribution >= 4 is 21.7 Å². The van der Waals surface area contributed by atoms with Gasteiger partial charge < -0.3 is 0 Å². The van der Waals surface area contributed by atoms with Gasteiger partial charge in [-0.3, -0.25) is 9.97 Å². The molecule has 2 heterocycles. The molecule has 0 spiro atoms. The number of hydrogen-bond donors (Lipinski definition) is 0. The van der Waals surface area contributed by atoms with Crippen LogP contribution < -0.4 is 0 Å². The van der Waals surface area contributed by atoms with Gasteiger partial charge in [-0.05, 0) is 24.4 Å². The average molecular weight is 194 g/mol. The summed E-state index contributed by atoms with van der Waals surface area (Å²) in [6.07, 6.45) is 3.71. The normalized spacial score (nSPS) is 11.0. The van der Waals surface area contributed by atoms with E-state index in [9.17, 15) is 0 Å². The van der Waals surface area contributed by atoms with Gasteiger partial charge in [0, 0.05) is 28.9 Å². The van der Waals surface area contributed by atoms with Crippen molar-refractivity contribution in [2.45, 2.75) is 6.92 Å². The van der Waals surface area contributed by atoms with Crippen LogP contribution in [0.1, 0.15) is 5.69 Å². The molecule has 0 fully saturated rings. The van der Waals surface area contributed by atoms with Crippen LogP contribution in [0.5, 0.6) is 0 Å². The van der Waals surface area contributed by atoms with Crippen molar-refractivity contribution in [1.29, 1.82) is 0 Å². The molecule has 0 saturated heterocycles. The number of benzene rings is 1. The number of nitrogens with zero attached hydrogens (tertiary/aromatic N) is 2. The average Bonchev–Trinajstić information content (AvgIpc) is 2.30. The topological polar surface area (TPSA) is 25.8 Å². The molecule has 0 aliphatic heterocycles. The first-order valence-electron chi connectivity index (χ1n) is 4.95. The maximum Gasteiger partial charge on any atom is 0.0711 e. The summed E-state index contributed by atoms with van der Waals surface area (Å²) in [5.74, 6) is 0. The zero-order valence-electron chi connectivity index (χ0n) is 8.44. The fraction of sp³-hybridized carbons (Fsp3) is 0.0769. The molecule has 0 saturated carbocycles. The maximum absolute atomic E-state index is 4.56. The second-order valence-corrected chi connectivity index (χ2v) is 3.64. The minimum absolute atomic E-state index is 1.04. The standard InChI is InChI=1S/C13H10N2/c1-9-12-8-14-7-6-10(12)11-4-2-3-5-13(11)15-9/h2-8H,1H3. The summed E-state index contributed by atoms with van der Waals surface area (Å²) in [4.78, 5) is 8.70. The van der Waals surface area contributed by atoms with Crippen molar-refractivity contribution in [3.05, 3.63) is 48.4 Å². The molecule has 3 rings (SSSR count). The van der Waals surface area contributed by atoms with E-state index in [0.717, 1.165) is 16.6 Å². The van der Waals surface area contributed by atoms with Gasteiger partial charge in [-0.2, -0.15) is 0 Å². The summed E-state index contributed by atoms with van der Waals surface area (Å²) in [6.45, 7) is 2.02. The zero-order valence-corrected chi connectivity index (χ0v) is 8.44. The van der Waals surface area contributed by atoms with Gasteiger partial charge in [-0.15, -0.1) is 0 Å². The molecular weight excluding hydrogens is 184 g/mol. The Hall–Kier alpha value is -1.96. The van der Waals surface area contributed by atoms with E-state index in [2.05, 4.69) is 16.0 Å². The van der Waals surface area contributed by atoms with Crippen LogP contribution in [0, 0.1) is 6.92 Å². The van der Waals surface area contributed by atoms with Gasteiger partial charge in [0.05, 0.1) is 5.52 Å². The van der Waals surface area contributed by atoms with E-state index in [1.165, 1.54) is 10.8 Å². The molecule has 0 radical (unpaired) electrons. The number of para-hydroxylation sites is 1. The highest BCUT2D eigenvalue weighted by atomic mass is 14.7. The van der Waals surface area contributed by atoms with E-state index < -0.39 is 0 Å². The molecule has 0 amide bonds. The van der Waals surface area contributed by atoms with Crippen LogP contribution in [-0.4, -0.2) is 9.97 Å². The van der Waals surface area contributed by atoms with Gasteiger partial charge in [0.2, 0.25) is 0 Å². The summed E-state index contributed by atoms with van der Waals surface area (Å²) in [6, 6.07) is 10.2. The molecule has 3 aromatic rings. The monoisotopic (exact) mass is 194 g/mol. The van der Waals surface area contributed by atoms with Gasteiger partial charge in [-0.25, -0.2) is 0 Å². The molecule has 2 aromatic heterocycles. The molecule has 0 atom stereocenters. The Labute approximate surface area is 87.6 Å². The third kappa shape index (κ3) is 1.18.